The molecule has 4 heteroatoms. The maximum Gasteiger partial charge on any atom is 0.0613 e. The topological polar surface area (TPSA) is 38.7 Å². The van der Waals surface area contributed by atoms with E-state index in [0.29, 0.717) is 6.04 Å². The molecule has 3 atom stereocenters. The number of nitrogens with one attached hydrogen (secondary N) is 1. The molecule has 1 aliphatic heterocycles. The Balaban J connectivity index is 1.90. The van der Waals surface area contributed by atoms with Gasteiger partial charge in [0.1, 0.15) is 0 Å². The number of nitrogens with zero attached hydrogens (tertiary/aromatic N) is 2. The van der Waals surface area contributed by atoms with Crippen LogP contribution in [0.25, 0.3) is 0 Å². The number of likely N-dealkylation sites (N-methyl/N-ethyl adjacent to an activating group) is 3. The summed E-state index contributed by atoms with van der Waals surface area (Å²) in [6.45, 7) is 6.18. The first-order valence-electron chi connectivity index (χ1n) is 8.38. The predicted molar refractivity (Wildman–Crippen MR) is 84.0 cm³/mol. The van der Waals surface area contributed by atoms with Crippen LogP contribution in [-0.4, -0.2) is 72.9 Å². The summed E-state index contributed by atoms with van der Waals surface area (Å²) >= 11 is 0. The fraction of sp³-hybridized carbons (Fsp3) is 1.00. The van der Waals surface area contributed by atoms with E-state index in [1.54, 1.807) is 0 Å². The second-order valence-electron chi connectivity index (χ2n) is 6.80. The molecule has 0 aromatic heterocycles. The fourth-order valence-corrected chi connectivity index (χ4v) is 4.16. The molecular weight excluding hydrogens is 250 g/mol. The molecule has 20 heavy (non-hydrogen) atoms. The van der Waals surface area contributed by atoms with E-state index in [9.17, 15) is 5.11 Å². The standard InChI is InChI=1S/C16H33N3O/c1-4-19-10-6-8-15(19)12-18(3)14-7-5-9-16(11-14,13-20)17-2/h14-15,17,20H,4-13H2,1-3H3. The maximum absolute atomic E-state index is 9.72. The fourth-order valence-electron chi connectivity index (χ4n) is 4.16. The highest BCUT2D eigenvalue weighted by atomic mass is 16.3. The van der Waals surface area contributed by atoms with E-state index in [4.69, 9.17) is 0 Å². The quantitative estimate of drug-likeness (QED) is 0.771. The summed E-state index contributed by atoms with van der Waals surface area (Å²) in [6, 6.07) is 1.35. The van der Waals surface area contributed by atoms with E-state index < -0.39 is 0 Å². The number of rotatable bonds is 6. The van der Waals surface area contributed by atoms with Gasteiger partial charge < -0.3 is 15.3 Å². The number of aliphatic hydroxyl groups excluding tert-OH is 1. The first-order valence-corrected chi connectivity index (χ1v) is 8.38. The van der Waals surface area contributed by atoms with Gasteiger partial charge in [0.15, 0.2) is 0 Å². The molecule has 2 rings (SSSR count). The number of hydrogen-bond acceptors (Lipinski definition) is 4. The van der Waals surface area contributed by atoms with Crippen LogP contribution in [0.3, 0.4) is 0 Å². The van der Waals surface area contributed by atoms with Crippen molar-refractivity contribution in [1.82, 2.24) is 15.1 Å². The van der Waals surface area contributed by atoms with Gasteiger partial charge >= 0.3 is 0 Å². The van der Waals surface area contributed by atoms with Crippen molar-refractivity contribution in [3.63, 3.8) is 0 Å². The lowest BCUT2D eigenvalue weighted by Crippen LogP contribution is -2.55. The molecule has 4 nitrogen and oxygen atoms in total. The van der Waals surface area contributed by atoms with Gasteiger partial charge in [-0.3, -0.25) is 4.90 Å². The molecule has 0 spiro atoms. The predicted octanol–water partition coefficient (Wildman–Crippen LogP) is 1.30. The molecule has 0 radical (unpaired) electrons. The molecule has 1 heterocycles. The third-order valence-electron chi connectivity index (χ3n) is 5.68. The normalized spacial score (nSPS) is 35.9. The van der Waals surface area contributed by atoms with Gasteiger partial charge in [-0.25, -0.2) is 0 Å². The van der Waals surface area contributed by atoms with Crippen LogP contribution in [0.15, 0.2) is 0 Å². The van der Waals surface area contributed by atoms with E-state index in [1.165, 1.54) is 45.3 Å². The van der Waals surface area contributed by atoms with E-state index >= 15 is 0 Å². The van der Waals surface area contributed by atoms with Gasteiger partial charge in [0.25, 0.3) is 0 Å². The molecule has 3 unspecified atom stereocenters. The van der Waals surface area contributed by atoms with Gasteiger partial charge in [0.05, 0.1) is 6.61 Å². The second-order valence-corrected chi connectivity index (χ2v) is 6.80. The summed E-state index contributed by atoms with van der Waals surface area (Å²) in [5.74, 6) is 0. The van der Waals surface area contributed by atoms with E-state index in [-0.39, 0.29) is 12.1 Å². The van der Waals surface area contributed by atoms with Gasteiger partial charge in [0, 0.05) is 24.2 Å². The Hall–Kier alpha value is -0.160. The number of aliphatic hydroxyl groups is 1. The molecule has 1 saturated heterocycles. The van der Waals surface area contributed by atoms with Crippen molar-refractivity contribution in [2.24, 2.45) is 0 Å². The minimum atomic E-state index is -0.0443. The van der Waals surface area contributed by atoms with Crippen LogP contribution in [0.4, 0.5) is 0 Å². The van der Waals surface area contributed by atoms with E-state index in [1.807, 2.05) is 7.05 Å². The summed E-state index contributed by atoms with van der Waals surface area (Å²) < 4.78 is 0. The molecule has 118 valence electrons. The molecule has 2 N–H and O–H groups in total. The van der Waals surface area contributed by atoms with Crippen molar-refractivity contribution >= 4 is 0 Å². The zero-order valence-electron chi connectivity index (χ0n) is 13.6. The summed E-state index contributed by atoms with van der Waals surface area (Å²) in [7, 11) is 4.27. The Morgan fingerprint density at radius 3 is 2.80 bits per heavy atom. The van der Waals surface area contributed by atoms with Gasteiger partial charge in [-0.05, 0) is 65.7 Å². The van der Waals surface area contributed by atoms with Crippen molar-refractivity contribution < 1.29 is 5.11 Å². The van der Waals surface area contributed by atoms with Crippen LogP contribution < -0.4 is 5.32 Å². The third kappa shape index (κ3) is 3.53. The Labute approximate surface area is 124 Å². The first-order chi connectivity index (χ1) is 9.64. The zero-order valence-corrected chi connectivity index (χ0v) is 13.6. The average Bonchev–Trinajstić information content (AvgIpc) is 2.94. The van der Waals surface area contributed by atoms with E-state index in [0.717, 1.165) is 18.9 Å². The molecule has 0 bridgehead atoms. The van der Waals surface area contributed by atoms with Crippen molar-refractivity contribution in [2.45, 2.75) is 63.1 Å². The molecule has 2 fully saturated rings. The summed E-state index contributed by atoms with van der Waals surface area (Å²) in [6.07, 6.45) is 7.39. The van der Waals surface area contributed by atoms with Crippen LogP contribution in [0.1, 0.15) is 45.4 Å². The smallest absolute Gasteiger partial charge is 0.0613 e. The first kappa shape index (κ1) is 16.2. The van der Waals surface area contributed by atoms with Crippen molar-refractivity contribution in [1.29, 1.82) is 0 Å². The Morgan fingerprint density at radius 2 is 2.15 bits per heavy atom. The van der Waals surface area contributed by atoms with Crippen molar-refractivity contribution in [3.05, 3.63) is 0 Å². The molecular formula is C16H33N3O. The highest BCUT2D eigenvalue weighted by molar-refractivity contribution is 4.96. The van der Waals surface area contributed by atoms with Crippen LogP contribution in [0.2, 0.25) is 0 Å². The molecule has 1 saturated carbocycles. The summed E-state index contributed by atoms with van der Waals surface area (Å²) in [4.78, 5) is 5.18. The Kier molecular flexibility index (Phi) is 5.84. The lowest BCUT2D eigenvalue weighted by Gasteiger charge is -2.44. The lowest BCUT2D eigenvalue weighted by molar-refractivity contribution is 0.0641. The highest BCUT2D eigenvalue weighted by Gasteiger charge is 2.37. The van der Waals surface area contributed by atoms with Gasteiger partial charge in [-0.15, -0.1) is 0 Å². The van der Waals surface area contributed by atoms with Gasteiger partial charge in [-0.2, -0.15) is 0 Å². The minimum absolute atomic E-state index is 0.0443. The lowest BCUT2D eigenvalue weighted by atomic mass is 9.79. The zero-order chi connectivity index (χ0) is 14.6. The van der Waals surface area contributed by atoms with Crippen molar-refractivity contribution in [3.8, 4) is 0 Å². The van der Waals surface area contributed by atoms with E-state index in [2.05, 4.69) is 29.1 Å². The largest absolute Gasteiger partial charge is 0.394 e. The molecule has 2 aliphatic rings. The van der Waals surface area contributed by atoms with Crippen LogP contribution in [-0.2, 0) is 0 Å². The van der Waals surface area contributed by atoms with Crippen LogP contribution in [0.5, 0.6) is 0 Å². The minimum Gasteiger partial charge on any atom is -0.394 e. The van der Waals surface area contributed by atoms with Crippen LogP contribution in [0, 0.1) is 0 Å². The van der Waals surface area contributed by atoms with Gasteiger partial charge in [-0.1, -0.05) is 6.92 Å². The van der Waals surface area contributed by atoms with Crippen molar-refractivity contribution in [2.75, 3.05) is 40.3 Å². The molecule has 0 aromatic carbocycles. The summed E-state index contributed by atoms with van der Waals surface area (Å²) in [5.41, 5.74) is -0.0443. The third-order valence-corrected chi connectivity index (χ3v) is 5.68. The summed E-state index contributed by atoms with van der Waals surface area (Å²) in [5, 5.41) is 13.1. The Morgan fingerprint density at radius 1 is 1.35 bits per heavy atom. The van der Waals surface area contributed by atoms with Crippen LogP contribution >= 0.6 is 0 Å². The van der Waals surface area contributed by atoms with Gasteiger partial charge in [0.2, 0.25) is 0 Å². The number of hydrogen-bond donors (Lipinski definition) is 2. The molecule has 0 amide bonds. The average molecular weight is 283 g/mol. The highest BCUT2D eigenvalue weighted by Crippen LogP contribution is 2.31. The maximum atomic E-state index is 9.72. The second kappa shape index (κ2) is 7.21. The molecule has 1 aliphatic carbocycles. The Bertz CT molecular complexity index is 293. The number of likely N-dealkylation sites (tertiary alicyclic amines) is 1. The monoisotopic (exact) mass is 283 g/mol. The molecule has 0 aromatic rings. The SMILES string of the molecule is CCN1CCCC1CN(C)C1CCCC(CO)(NC)C1.